The molecule has 0 saturated heterocycles. The topological polar surface area (TPSA) is 84.2 Å². The fraction of sp³-hybridized carbons (Fsp3) is 0.360. The molecule has 0 aliphatic carbocycles. The standard InChI is InChI=1S/C25H30ClN5O2.2ClH/c1-4-30(5-2)17-7-8-18(3)27-25-21-9-6-10-22(26)24(21)28-23(29-25)16-13-19-11-14-20(15-12-19)31(32)33;;/h6,9-16,18H,4-5,7-8,17H2,1-3H3,(H,27,28,29);2*1H/b16-13+;;. The number of rotatable bonds is 11. The Bertz CT molecular complexity index is 1120. The largest absolute Gasteiger partial charge is 0.367 e. The third kappa shape index (κ3) is 8.61. The number of para-hydroxylation sites is 1. The van der Waals surface area contributed by atoms with Crippen molar-refractivity contribution in [2.24, 2.45) is 0 Å². The van der Waals surface area contributed by atoms with Crippen molar-refractivity contribution in [2.45, 2.75) is 39.7 Å². The van der Waals surface area contributed by atoms with Crippen LogP contribution >= 0.6 is 36.4 Å². The first-order valence-corrected chi connectivity index (χ1v) is 11.7. The van der Waals surface area contributed by atoms with E-state index in [0.717, 1.165) is 49.2 Å². The number of anilines is 1. The van der Waals surface area contributed by atoms with E-state index in [0.29, 0.717) is 16.4 Å². The Labute approximate surface area is 224 Å². The molecule has 1 heterocycles. The third-order valence-corrected chi connectivity index (χ3v) is 5.92. The third-order valence-electron chi connectivity index (χ3n) is 5.61. The second-order valence-electron chi connectivity index (χ2n) is 7.96. The summed E-state index contributed by atoms with van der Waals surface area (Å²) in [6.45, 7) is 9.75. The number of aromatic nitrogens is 2. The Morgan fingerprint density at radius 1 is 1.09 bits per heavy atom. The van der Waals surface area contributed by atoms with Gasteiger partial charge in [0, 0.05) is 23.6 Å². The van der Waals surface area contributed by atoms with Crippen LogP contribution in [0.3, 0.4) is 0 Å². The summed E-state index contributed by atoms with van der Waals surface area (Å²) in [6, 6.07) is 12.3. The summed E-state index contributed by atoms with van der Waals surface area (Å²) in [5, 5.41) is 15.8. The molecule has 1 atom stereocenters. The first-order valence-electron chi connectivity index (χ1n) is 11.3. The smallest absolute Gasteiger partial charge is 0.269 e. The molecule has 0 spiro atoms. The van der Waals surface area contributed by atoms with Gasteiger partial charge in [-0.25, -0.2) is 9.97 Å². The Morgan fingerprint density at radius 3 is 2.40 bits per heavy atom. The van der Waals surface area contributed by atoms with Crippen LogP contribution in [0.25, 0.3) is 23.1 Å². The number of nitro groups is 1. The van der Waals surface area contributed by atoms with Crippen LogP contribution in [0.1, 0.15) is 45.0 Å². The lowest BCUT2D eigenvalue weighted by Gasteiger charge is -2.20. The summed E-state index contributed by atoms with van der Waals surface area (Å²) < 4.78 is 0. The summed E-state index contributed by atoms with van der Waals surface area (Å²) in [6.07, 6.45) is 5.75. The molecule has 7 nitrogen and oxygen atoms in total. The summed E-state index contributed by atoms with van der Waals surface area (Å²) in [5.74, 6) is 1.27. The van der Waals surface area contributed by atoms with E-state index in [1.165, 1.54) is 12.1 Å². The van der Waals surface area contributed by atoms with Gasteiger partial charge in [-0.3, -0.25) is 10.1 Å². The normalized spacial score (nSPS) is 11.8. The molecule has 0 fully saturated rings. The van der Waals surface area contributed by atoms with Gasteiger partial charge in [-0.05, 0) is 75.3 Å². The van der Waals surface area contributed by atoms with Crippen molar-refractivity contribution in [2.75, 3.05) is 25.0 Å². The molecular formula is C25H32Cl3N5O2. The molecule has 3 rings (SSSR count). The molecular weight excluding hydrogens is 509 g/mol. The predicted octanol–water partition coefficient (Wildman–Crippen LogP) is 7.13. The number of hydrogen-bond acceptors (Lipinski definition) is 6. The van der Waals surface area contributed by atoms with Crippen molar-refractivity contribution in [3.05, 3.63) is 69.0 Å². The van der Waals surface area contributed by atoms with E-state index in [-0.39, 0.29) is 36.5 Å². The van der Waals surface area contributed by atoms with Crippen LogP contribution in [0, 0.1) is 10.1 Å². The maximum absolute atomic E-state index is 10.8. The fourth-order valence-corrected chi connectivity index (χ4v) is 3.88. The summed E-state index contributed by atoms with van der Waals surface area (Å²) >= 11 is 6.44. The number of non-ortho nitro benzene ring substituents is 1. The van der Waals surface area contributed by atoms with Gasteiger partial charge in [0.1, 0.15) is 5.82 Å². The maximum atomic E-state index is 10.8. The van der Waals surface area contributed by atoms with Gasteiger partial charge in [0.2, 0.25) is 0 Å². The highest BCUT2D eigenvalue weighted by Crippen LogP contribution is 2.28. The van der Waals surface area contributed by atoms with Crippen molar-refractivity contribution in [1.82, 2.24) is 14.9 Å². The van der Waals surface area contributed by atoms with E-state index >= 15 is 0 Å². The molecule has 3 aromatic rings. The van der Waals surface area contributed by atoms with E-state index in [9.17, 15) is 10.1 Å². The van der Waals surface area contributed by atoms with Crippen LogP contribution in [-0.2, 0) is 0 Å². The lowest BCUT2D eigenvalue weighted by Crippen LogP contribution is -2.25. The van der Waals surface area contributed by atoms with E-state index in [1.807, 2.05) is 24.3 Å². The van der Waals surface area contributed by atoms with Gasteiger partial charge in [0.05, 0.1) is 15.5 Å². The zero-order valence-corrected chi connectivity index (χ0v) is 22.5. The fourth-order valence-electron chi connectivity index (χ4n) is 3.66. The number of nitrogens with zero attached hydrogens (tertiary/aromatic N) is 4. The van der Waals surface area contributed by atoms with Gasteiger partial charge in [-0.15, -0.1) is 24.8 Å². The van der Waals surface area contributed by atoms with Crippen LogP contribution < -0.4 is 5.32 Å². The minimum absolute atomic E-state index is 0. The number of nitro benzene ring substituents is 1. The van der Waals surface area contributed by atoms with E-state index in [1.54, 1.807) is 18.2 Å². The molecule has 2 aromatic carbocycles. The van der Waals surface area contributed by atoms with Gasteiger partial charge in [0.25, 0.3) is 5.69 Å². The van der Waals surface area contributed by atoms with E-state index < -0.39 is 4.92 Å². The molecule has 0 radical (unpaired) electrons. The summed E-state index contributed by atoms with van der Waals surface area (Å²) in [5.41, 5.74) is 1.57. The molecule has 0 aliphatic heterocycles. The zero-order chi connectivity index (χ0) is 23.8. The monoisotopic (exact) mass is 539 g/mol. The van der Waals surface area contributed by atoms with Gasteiger partial charge in [0.15, 0.2) is 5.82 Å². The number of nitrogens with one attached hydrogen (secondary N) is 1. The van der Waals surface area contributed by atoms with Crippen LogP contribution in [0.4, 0.5) is 11.5 Å². The highest BCUT2D eigenvalue weighted by atomic mass is 35.5. The molecule has 0 bridgehead atoms. The van der Waals surface area contributed by atoms with Crippen molar-refractivity contribution in [1.29, 1.82) is 0 Å². The van der Waals surface area contributed by atoms with Crippen LogP contribution in [0.5, 0.6) is 0 Å². The van der Waals surface area contributed by atoms with Crippen LogP contribution in [0.15, 0.2) is 42.5 Å². The Balaban J connectivity index is 0.00000306. The summed E-state index contributed by atoms with van der Waals surface area (Å²) in [4.78, 5) is 22.2. The summed E-state index contributed by atoms with van der Waals surface area (Å²) in [7, 11) is 0. The van der Waals surface area contributed by atoms with E-state index in [2.05, 4.69) is 36.0 Å². The van der Waals surface area contributed by atoms with Crippen molar-refractivity contribution in [3.8, 4) is 0 Å². The lowest BCUT2D eigenvalue weighted by molar-refractivity contribution is -0.384. The van der Waals surface area contributed by atoms with Gasteiger partial charge in [-0.1, -0.05) is 37.6 Å². The maximum Gasteiger partial charge on any atom is 0.269 e. The first-order chi connectivity index (χ1) is 15.9. The number of halogens is 3. The zero-order valence-electron chi connectivity index (χ0n) is 20.1. The lowest BCUT2D eigenvalue weighted by atomic mass is 10.1. The minimum atomic E-state index is -0.414. The Kier molecular flexibility index (Phi) is 13.0. The number of benzene rings is 2. The second kappa shape index (κ2) is 14.8. The van der Waals surface area contributed by atoms with Gasteiger partial charge >= 0.3 is 0 Å². The minimum Gasteiger partial charge on any atom is -0.367 e. The highest BCUT2D eigenvalue weighted by Gasteiger charge is 2.12. The molecule has 1 N–H and O–H groups in total. The van der Waals surface area contributed by atoms with E-state index in [4.69, 9.17) is 16.6 Å². The van der Waals surface area contributed by atoms with Crippen molar-refractivity contribution >= 4 is 71.0 Å². The highest BCUT2D eigenvalue weighted by molar-refractivity contribution is 6.35. The second-order valence-corrected chi connectivity index (χ2v) is 8.37. The molecule has 0 amide bonds. The number of fused-ring (bicyclic) bond motifs is 1. The first kappa shape index (κ1) is 30.6. The average Bonchev–Trinajstić information content (AvgIpc) is 2.81. The van der Waals surface area contributed by atoms with Crippen molar-refractivity contribution < 1.29 is 4.92 Å². The molecule has 0 saturated carbocycles. The molecule has 190 valence electrons. The molecule has 1 aromatic heterocycles. The SMILES string of the molecule is CCN(CC)CCCC(C)Nc1nc(/C=C/c2ccc([N+](=O)[O-])cc2)nc2c(Cl)cccc12.Cl.Cl. The molecule has 10 heteroatoms. The molecule has 1 unspecified atom stereocenters. The van der Waals surface area contributed by atoms with Crippen LogP contribution in [0.2, 0.25) is 5.02 Å². The Morgan fingerprint density at radius 2 is 1.77 bits per heavy atom. The quantitative estimate of drug-likeness (QED) is 0.206. The Hall–Kier alpha value is -2.45. The molecule has 35 heavy (non-hydrogen) atoms. The average molecular weight is 541 g/mol. The number of hydrogen-bond donors (Lipinski definition) is 1. The van der Waals surface area contributed by atoms with Gasteiger partial charge in [-0.2, -0.15) is 0 Å². The van der Waals surface area contributed by atoms with Crippen LogP contribution in [-0.4, -0.2) is 45.5 Å². The van der Waals surface area contributed by atoms with Gasteiger partial charge < -0.3 is 10.2 Å². The predicted molar refractivity (Wildman–Crippen MR) is 151 cm³/mol. The molecule has 0 aliphatic rings. The van der Waals surface area contributed by atoms with Crippen molar-refractivity contribution in [3.63, 3.8) is 0 Å².